The molecule has 19 heavy (non-hydrogen) atoms. The highest BCUT2D eigenvalue weighted by Gasteiger charge is 2.48. The number of aliphatic hydroxyl groups excluding tert-OH is 3. The van der Waals surface area contributed by atoms with Gasteiger partial charge in [0.05, 0.1) is 6.61 Å². The Kier molecular flexibility index (Phi) is 3.51. The van der Waals surface area contributed by atoms with E-state index in [9.17, 15) is 15.0 Å². The van der Waals surface area contributed by atoms with Crippen molar-refractivity contribution in [3.63, 3.8) is 0 Å². The number of hydrogen-bond acceptors (Lipinski definition) is 7. The summed E-state index contributed by atoms with van der Waals surface area (Å²) in [6, 6.07) is -0.662. The van der Waals surface area contributed by atoms with E-state index in [1.54, 1.807) is 6.92 Å². The molecule has 0 saturated carbocycles. The first-order valence-corrected chi connectivity index (χ1v) is 5.77. The fourth-order valence-electron chi connectivity index (χ4n) is 2.01. The molecule has 9 nitrogen and oxygen atoms in total. The lowest BCUT2D eigenvalue weighted by atomic mass is 10.1. The Bertz CT molecular complexity index is 413. The van der Waals surface area contributed by atoms with E-state index >= 15 is 0 Å². The molecule has 4 atom stereocenters. The van der Waals surface area contributed by atoms with Gasteiger partial charge in [-0.15, -0.1) is 0 Å². The van der Waals surface area contributed by atoms with E-state index in [-0.39, 0.29) is 0 Å². The molecule has 0 spiro atoms. The Hall–Kier alpha value is -1.23. The van der Waals surface area contributed by atoms with Crippen LogP contribution in [0.15, 0.2) is 11.8 Å². The molecule has 2 heterocycles. The highest BCUT2D eigenvalue weighted by Crippen LogP contribution is 2.26. The Morgan fingerprint density at radius 2 is 2.11 bits per heavy atom. The van der Waals surface area contributed by atoms with Crippen LogP contribution in [0.25, 0.3) is 0 Å². The molecular weight excluding hydrogens is 256 g/mol. The third-order valence-corrected chi connectivity index (χ3v) is 3.32. The number of aliphatic hydroxyl groups is 3. The third kappa shape index (κ3) is 2.31. The van der Waals surface area contributed by atoms with Gasteiger partial charge in [-0.05, 0) is 12.5 Å². The summed E-state index contributed by atoms with van der Waals surface area (Å²) < 4.78 is 5.25. The smallest absolute Gasteiger partial charge is 0.326 e. The van der Waals surface area contributed by atoms with Crippen molar-refractivity contribution in [2.75, 3.05) is 6.61 Å². The average molecular weight is 274 g/mol. The van der Waals surface area contributed by atoms with Crippen molar-refractivity contribution in [1.82, 2.24) is 10.2 Å². The molecule has 2 rings (SSSR count). The number of nitrogens with zero attached hydrogens (tertiary/aromatic N) is 1. The van der Waals surface area contributed by atoms with E-state index in [1.807, 2.05) is 0 Å². The first-order chi connectivity index (χ1) is 8.77. The van der Waals surface area contributed by atoms with Crippen LogP contribution in [0.2, 0.25) is 0 Å². The molecule has 8 N–H and O–H groups in total. The monoisotopic (exact) mass is 274 g/mol. The first kappa shape index (κ1) is 14.2. The van der Waals surface area contributed by atoms with Crippen LogP contribution < -0.4 is 16.8 Å². The van der Waals surface area contributed by atoms with Crippen molar-refractivity contribution in [3.05, 3.63) is 11.8 Å². The lowest BCUT2D eigenvalue weighted by Gasteiger charge is -2.38. The molecular formula is C10H18N4O5. The first-order valence-electron chi connectivity index (χ1n) is 5.77. The van der Waals surface area contributed by atoms with Crippen molar-refractivity contribution in [3.8, 4) is 0 Å². The molecule has 0 aromatic rings. The fourth-order valence-corrected chi connectivity index (χ4v) is 2.01. The number of carbonyl (C=O) groups excluding carboxylic acids is 1. The summed E-state index contributed by atoms with van der Waals surface area (Å²) in [7, 11) is 0. The van der Waals surface area contributed by atoms with Crippen molar-refractivity contribution in [2.24, 2.45) is 11.5 Å². The van der Waals surface area contributed by atoms with Crippen LogP contribution in [0, 0.1) is 0 Å². The van der Waals surface area contributed by atoms with Crippen molar-refractivity contribution in [2.45, 2.75) is 37.3 Å². The second-order valence-corrected chi connectivity index (χ2v) is 4.75. The molecule has 0 radical (unpaired) electrons. The number of urea groups is 1. The van der Waals surface area contributed by atoms with Gasteiger partial charge in [0, 0.05) is 6.20 Å². The number of carbonyl (C=O) groups is 1. The number of ether oxygens (including phenoxy) is 1. The molecule has 2 aliphatic heterocycles. The van der Waals surface area contributed by atoms with Crippen LogP contribution in [0.1, 0.15) is 6.92 Å². The van der Waals surface area contributed by atoms with Gasteiger partial charge in [-0.2, -0.15) is 0 Å². The minimum atomic E-state index is -1.47. The van der Waals surface area contributed by atoms with Gasteiger partial charge in [0.1, 0.15) is 18.3 Å². The van der Waals surface area contributed by atoms with Crippen LogP contribution in [-0.4, -0.2) is 63.2 Å². The van der Waals surface area contributed by atoms with E-state index in [0.717, 1.165) is 4.90 Å². The highest BCUT2D eigenvalue weighted by atomic mass is 16.6. The lowest BCUT2D eigenvalue weighted by molar-refractivity contribution is -0.0673. The van der Waals surface area contributed by atoms with Gasteiger partial charge in [0.15, 0.2) is 12.0 Å². The maximum atomic E-state index is 11.9. The minimum absolute atomic E-state index is 0.449. The summed E-state index contributed by atoms with van der Waals surface area (Å²) in [6.45, 7) is 1.14. The molecule has 1 saturated heterocycles. The van der Waals surface area contributed by atoms with Crippen molar-refractivity contribution in [1.29, 1.82) is 0 Å². The summed E-state index contributed by atoms with van der Waals surface area (Å²) in [5.74, 6) is -1.47. The molecule has 108 valence electrons. The van der Waals surface area contributed by atoms with Crippen LogP contribution in [0.4, 0.5) is 4.79 Å². The summed E-state index contributed by atoms with van der Waals surface area (Å²) in [4.78, 5) is 12.9. The Balaban J connectivity index is 2.24. The maximum absolute atomic E-state index is 11.9. The average Bonchev–Trinajstić information content (AvgIpc) is 2.61. The van der Waals surface area contributed by atoms with Gasteiger partial charge in [-0.1, -0.05) is 0 Å². The maximum Gasteiger partial charge on any atom is 0.326 e. The minimum Gasteiger partial charge on any atom is -0.394 e. The van der Waals surface area contributed by atoms with Gasteiger partial charge in [0.25, 0.3) is 0 Å². The van der Waals surface area contributed by atoms with Crippen molar-refractivity contribution < 1.29 is 24.9 Å². The van der Waals surface area contributed by atoms with Crippen LogP contribution in [-0.2, 0) is 4.74 Å². The predicted molar refractivity (Wildman–Crippen MR) is 63.0 cm³/mol. The molecule has 1 fully saturated rings. The summed E-state index contributed by atoms with van der Waals surface area (Å²) in [6.07, 6.45) is -3.34. The normalized spacial score (nSPS) is 38.1. The predicted octanol–water partition coefficient (Wildman–Crippen LogP) is -3.07. The number of nitrogens with two attached hydrogens (primary N) is 2. The van der Waals surface area contributed by atoms with E-state index < -0.39 is 43.0 Å². The number of hydrogen-bond donors (Lipinski definition) is 6. The number of amides is 2. The van der Waals surface area contributed by atoms with Gasteiger partial charge in [-0.25, -0.2) is 4.79 Å². The molecule has 0 aromatic heterocycles. The molecule has 0 aromatic carbocycles. The van der Waals surface area contributed by atoms with Crippen LogP contribution in [0.5, 0.6) is 0 Å². The van der Waals surface area contributed by atoms with Gasteiger partial charge in [0.2, 0.25) is 0 Å². The van der Waals surface area contributed by atoms with Crippen LogP contribution in [0.3, 0.4) is 0 Å². The summed E-state index contributed by atoms with van der Waals surface area (Å²) >= 11 is 0. The quantitative estimate of drug-likeness (QED) is 0.292. The molecule has 9 heteroatoms. The Morgan fingerprint density at radius 1 is 1.47 bits per heavy atom. The van der Waals surface area contributed by atoms with E-state index in [2.05, 4.69) is 5.32 Å². The summed E-state index contributed by atoms with van der Waals surface area (Å²) in [5, 5.41) is 30.8. The SMILES string of the molecule is CC1=CN([C@@H]2O[C@H](CO)[C@@H](O)[C@H]2O)C(=O)NC1(N)N. The van der Waals surface area contributed by atoms with Crippen molar-refractivity contribution >= 4 is 6.03 Å². The molecule has 0 unspecified atom stereocenters. The topological polar surface area (TPSA) is 154 Å². The van der Waals surface area contributed by atoms with E-state index in [4.69, 9.17) is 21.3 Å². The Morgan fingerprint density at radius 3 is 2.63 bits per heavy atom. The molecule has 2 amide bonds. The zero-order chi connectivity index (χ0) is 14.4. The summed E-state index contributed by atoms with van der Waals surface area (Å²) in [5.41, 5.74) is 11.7. The van der Waals surface area contributed by atoms with Gasteiger partial charge >= 0.3 is 6.03 Å². The Labute approximate surface area is 109 Å². The van der Waals surface area contributed by atoms with E-state index in [1.165, 1.54) is 6.20 Å². The standard InChI is InChI=1S/C10H18N4O5/c1-4-2-14(9(18)13-10(4,11)12)8-7(17)6(16)5(3-15)19-8/h2,5-8,15-17H,3,11-12H2,1H3,(H,13,18)/t5-,6-,7-,8-/m1/s1. The zero-order valence-electron chi connectivity index (χ0n) is 10.4. The lowest BCUT2D eigenvalue weighted by Crippen LogP contribution is -2.69. The highest BCUT2D eigenvalue weighted by molar-refractivity contribution is 5.78. The molecule has 0 bridgehead atoms. The molecule has 2 aliphatic rings. The second kappa shape index (κ2) is 4.71. The largest absolute Gasteiger partial charge is 0.394 e. The number of rotatable bonds is 2. The number of nitrogens with one attached hydrogen (secondary N) is 1. The van der Waals surface area contributed by atoms with Crippen LogP contribution >= 0.6 is 0 Å². The third-order valence-electron chi connectivity index (χ3n) is 3.32. The second-order valence-electron chi connectivity index (χ2n) is 4.75. The zero-order valence-corrected chi connectivity index (χ0v) is 10.4. The van der Waals surface area contributed by atoms with E-state index in [0.29, 0.717) is 5.57 Å². The molecule has 0 aliphatic carbocycles. The van der Waals surface area contributed by atoms with Gasteiger partial charge < -0.3 is 25.4 Å². The fraction of sp³-hybridized carbons (Fsp3) is 0.700. The van der Waals surface area contributed by atoms with Gasteiger partial charge in [-0.3, -0.25) is 16.4 Å².